The molecule has 6 heteroatoms. The zero-order valence-electron chi connectivity index (χ0n) is 11.6. The van der Waals surface area contributed by atoms with Gasteiger partial charge in [-0.1, -0.05) is 12.8 Å². The molecule has 2 heterocycles. The Bertz CT molecular complexity index is 439. The minimum atomic E-state index is 0.00692. The maximum atomic E-state index is 5.92. The number of halogens is 1. The molecule has 1 unspecified atom stereocenters. The molecule has 1 aliphatic heterocycles. The van der Waals surface area contributed by atoms with Gasteiger partial charge in [-0.25, -0.2) is 5.43 Å². The van der Waals surface area contributed by atoms with Crippen molar-refractivity contribution in [3.8, 4) is 0 Å². The van der Waals surface area contributed by atoms with Crippen molar-refractivity contribution in [2.24, 2.45) is 5.84 Å². The number of hydrazine groups is 1. The van der Waals surface area contributed by atoms with Crippen LogP contribution in [0.1, 0.15) is 37.5 Å². The minimum absolute atomic E-state index is 0.00692. The summed E-state index contributed by atoms with van der Waals surface area (Å²) >= 11 is 3.57. The Hall–Kier alpha value is -0.400. The van der Waals surface area contributed by atoms with Crippen LogP contribution in [0.3, 0.4) is 0 Å². The molecule has 3 rings (SSSR count). The van der Waals surface area contributed by atoms with Crippen molar-refractivity contribution in [2.75, 3.05) is 26.3 Å². The highest BCUT2D eigenvalue weighted by Gasteiger charge is 2.48. The predicted octanol–water partition coefficient (Wildman–Crippen LogP) is 2.19. The van der Waals surface area contributed by atoms with Gasteiger partial charge in [0.2, 0.25) is 0 Å². The topological polar surface area (TPSA) is 63.7 Å². The predicted molar refractivity (Wildman–Crippen MR) is 80.1 cm³/mol. The molecule has 1 saturated heterocycles. The lowest BCUT2D eigenvalue weighted by Gasteiger charge is -2.47. The van der Waals surface area contributed by atoms with Gasteiger partial charge in [0.25, 0.3) is 0 Å². The molecule has 2 aliphatic rings. The van der Waals surface area contributed by atoms with E-state index in [1.807, 2.05) is 6.07 Å². The fourth-order valence-corrected chi connectivity index (χ4v) is 4.20. The number of hydrogen-bond acceptors (Lipinski definition) is 5. The lowest BCUT2D eigenvalue weighted by Crippen LogP contribution is -2.59. The highest BCUT2D eigenvalue weighted by atomic mass is 79.9. The Labute approximate surface area is 127 Å². The first-order chi connectivity index (χ1) is 9.78. The molecular weight excluding hydrogens is 322 g/mol. The second-order valence-electron chi connectivity index (χ2n) is 5.64. The summed E-state index contributed by atoms with van der Waals surface area (Å²) in [6.07, 6.45) is 6.50. The van der Waals surface area contributed by atoms with E-state index in [2.05, 4.69) is 26.3 Å². The van der Waals surface area contributed by atoms with E-state index in [1.165, 1.54) is 12.8 Å². The highest BCUT2D eigenvalue weighted by Crippen LogP contribution is 2.46. The SMILES string of the molecule is NNC(c1occc1Br)C1(N2CCOCC2)CCCC1. The van der Waals surface area contributed by atoms with E-state index in [9.17, 15) is 0 Å². The van der Waals surface area contributed by atoms with Gasteiger partial charge in [0.05, 0.1) is 30.0 Å². The molecule has 0 radical (unpaired) electrons. The van der Waals surface area contributed by atoms with Crippen LogP contribution in [0.25, 0.3) is 0 Å². The molecular formula is C14H22BrN3O2. The first kappa shape index (κ1) is 14.5. The third-order valence-electron chi connectivity index (χ3n) is 4.72. The first-order valence-electron chi connectivity index (χ1n) is 7.30. The lowest BCUT2D eigenvalue weighted by atomic mass is 9.84. The molecule has 5 nitrogen and oxygen atoms in total. The summed E-state index contributed by atoms with van der Waals surface area (Å²) in [6, 6.07) is 1.94. The Morgan fingerprint density at radius 3 is 2.55 bits per heavy atom. The molecule has 0 amide bonds. The maximum absolute atomic E-state index is 5.92. The molecule has 1 aromatic heterocycles. The van der Waals surface area contributed by atoms with Crippen LogP contribution in [0.2, 0.25) is 0 Å². The van der Waals surface area contributed by atoms with E-state index < -0.39 is 0 Å². The number of hydrogen-bond donors (Lipinski definition) is 2. The Kier molecular flexibility index (Phi) is 4.47. The lowest BCUT2D eigenvalue weighted by molar-refractivity contribution is -0.0394. The second-order valence-corrected chi connectivity index (χ2v) is 6.50. The summed E-state index contributed by atoms with van der Waals surface area (Å²) in [7, 11) is 0. The van der Waals surface area contributed by atoms with E-state index in [-0.39, 0.29) is 11.6 Å². The van der Waals surface area contributed by atoms with Gasteiger partial charge in [0.15, 0.2) is 0 Å². The Morgan fingerprint density at radius 1 is 1.30 bits per heavy atom. The molecule has 1 atom stereocenters. The minimum Gasteiger partial charge on any atom is -0.466 e. The molecule has 0 bridgehead atoms. The average Bonchev–Trinajstić information content (AvgIpc) is 3.12. The van der Waals surface area contributed by atoms with Crippen LogP contribution in [0.15, 0.2) is 21.2 Å². The van der Waals surface area contributed by atoms with Crippen molar-refractivity contribution in [2.45, 2.75) is 37.3 Å². The third kappa shape index (κ3) is 2.44. The van der Waals surface area contributed by atoms with Gasteiger partial charge in [-0.15, -0.1) is 0 Å². The van der Waals surface area contributed by atoms with Crippen molar-refractivity contribution in [1.82, 2.24) is 10.3 Å². The van der Waals surface area contributed by atoms with Gasteiger partial charge in [-0.05, 0) is 34.8 Å². The van der Waals surface area contributed by atoms with Crippen LogP contribution in [0, 0.1) is 0 Å². The van der Waals surface area contributed by atoms with Crippen LogP contribution < -0.4 is 11.3 Å². The molecule has 1 aliphatic carbocycles. The summed E-state index contributed by atoms with van der Waals surface area (Å²) in [4.78, 5) is 2.54. The van der Waals surface area contributed by atoms with E-state index in [0.717, 1.165) is 49.4 Å². The molecule has 20 heavy (non-hydrogen) atoms. The van der Waals surface area contributed by atoms with Gasteiger partial charge >= 0.3 is 0 Å². The smallest absolute Gasteiger partial charge is 0.138 e. The zero-order valence-corrected chi connectivity index (χ0v) is 13.2. The van der Waals surface area contributed by atoms with Crippen molar-refractivity contribution >= 4 is 15.9 Å². The molecule has 0 spiro atoms. The number of nitrogens with one attached hydrogen (secondary N) is 1. The summed E-state index contributed by atoms with van der Waals surface area (Å²) in [5, 5.41) is 0. The molecule has 0 aromatic carbocycles. The molecule has 112 valence electrons. The highest BCUT2D eigenvalue weighted by molar-refractivity contribution is 9.10. The van der Waals surface area contributed by atoms with Crippen LogP contribution in [-0.4, -0.2) is 36.7 Å². The number of nitrogens with two attached hydrogens (primary N) is 1. The normalized spacial score (nSPS) is 24.9. The summed E-state index contributed by atoms with van der Waals surface area (Å²) in [5.74, 6) is 6.82. The van der Waals surface area contributed by atoms with Crippen molar-refractivity contribution in [1.29, 1.82) is 0 Å². The second kappa shape index (κ2) is 6.15. The first-order valence-corrected chi connectivity index (χ1v) is 8.09. The van der Waals surface area contributed by atoms with Crippen molar-refractivity contribution in [3.63, 3.8) is 0 Å². The van der Waals surface area contributed by atoms with Gasteiger partial charge in [0, 0.05) is 18.6 Å². The van der Waals surface area contributed by atoms with Gasteiger partial charge in [-0.3, -0.25) is 10.7 Å². The summed E-state index contributed by atoms with van der Waals surface area (Å²) in [6.45, 7) is 3.55. The van der Waals surface area contributed by atoms with E-state index in [1.54, 1.807) is 6.26 Å². The molecule has 1 aromatic rings. The molecule has 1 saturated carbocycles. The maximum Gasteiger partial charge on any atom is 0.138 e. The summed E-state index contributed by atoms with van der Waals surface area (Å²) < 4.78 is 12.2. The van der Waals surface area contributed by atoms with E-state index in [4.69, 9.17) is 15.0 Å². The fourth-order valence-electron chi connectivity index (χ4n) is 3.77. The number of nitrogens with zero attached hydrogens (tertiary/aromatic N) is 1. The Morgan fingerprint density at radius 2 is 2.00 bits per heavy atom. The quantitative estimate of drug-likeness (QED) is 0.648. The number of morpholine rings is 1. The Balaban J connectivity index is 1.93. The van der Waals surface area contributed by atoms with Gasteiger partial charge in [0.1, 0.15) is 5.76 Å². The van der Waals surface area contributed by atoms with Gasteiger partial charge in [-0.2, -0.15) is 0 Å². The monoisotopic (exact) mass is 343 g/mol. The standard InChI is InChI=1S/C14H22BrN3O2/c15-11-3-8-20-12(11)13(17-16)14(4-1-2-5-14)18-6-9-19-10-7-18/h3,8,13,17H,1-2,4-7,9-10,16H2. The van der Waals surface area contributed by atoms with Crippen LogP contribution in [0.5, 0.6) is 0 Å². The third-order valence-corrected chi connectivity index (χ3v) is 5.38. The van der Waals surface area contributed by atoms with Crippen molar-refractivity contribution in [3.05, 3.63) is 22.6 Å². The van der Waals surface area contributed by atoms with Crippen LogP contribution >= 0.6 is 15.9 Å². The van der Waals surface area contributed by atoms with Crippen LogP contribution in [-0.2, 0) is 4.74 Å². The number of ether oxygens (including phenoxy) is 1. The number of furan rings is 1. The molecule has 3 N–H and O–H groups in total. The summed E-state index contributed by atoms with van der Waals surface area (Å²) in [5.41, 5.74) is 3.06. The fraction of sp³-hybridized carbons (Fsp3) is 0.714. The van der Waals surface area contributed by atoms with Crippen molar-refractivity contribution < 1.29 is 9.15 Å². The number of rotatable bonds is 4. The van der Waals surface area contributed by atoms with Crippen LogP contribution in [0.4, 0.5) is 0 Å². The van der Waals surface area contributed by atoms with E-state index in [0.29, 0.717) is 0 Å². The largest absolute Gasteiger partial charge is 0.466 e. The average molecular weight is 344 g/mol. The van der Waals surface area contributed by atoms with E-state index >= 15 is 0 Å². The molecule has 2 fully saturated rings. The zero-order chi connectivity index (χ0) is 14.0. The van der Waals surface area contributed by atoms with Gasteiger partial charge < -0.3 is 9.15 Å².